The van der Waals surface area contributed by atoms with E-state index in [0.29, 0.717) is 5.92 Å². The molecule has 1 aliphatic carbocycles. The molecule has 5 heteroatoms. The molecule has 1 N–H and O–H groups in total. The van der Waals surface area contributed by atoms with E-state index in [2.05, 4.69) is 61.5 Å². The molecule has 2 fully saturated rings. The Morgan fingerprint density at radius 1 is 0.960 bits per heavy atom. The standard InChI is InChI=1S/C20H27N5/c1-2-4-17(5-3-1)15-25-12-10-24(11-13-25)9-8-21-20-14-19(18-6-7-18)22-16-23-20/h1-5,14,16,18H,6-13,15H2,(H,21,22,23). The highest BCUT2D eigenvalue weighted by molar-refractivity contribution is 5.36. The quantitative estimate of drug-likeness (QED) is 0.841. The topological polar surface area (TPSA) is 44.3 Å². The molecule has 1 saturated carbocycles. The number of benzene rings is 1. The molecule has 1 aliphatic heterocycles. The minimum absolute atomic E-state index is 0.682. The summed E-state index contributed by atoms with van der Waals surface area (Å²) in [6.07, 6.45) is 4.26. The largest absolute Gasteiger partial charge is 0.369 e. The maximum atomic E-state index is 4.37. The molecule has 0 bridgehead atoms. The van der Waals surface area contributed by atoms with E-state index in [1.165, 1.54) is 24.1 Å². The number of rotatable bonds is 7. The first-order chi connectivity index (χ1) is 12.4. The fourth-order valence-corrected chi connectivity index (χ4v) is 3.43. The summed E-state index contributed by atoms with van der Waals surface area (Å²) >= 11 is 0. The second kappa shape index (κ2) is 7.93. The van der Waals surface area contributed by atoms with E-state index in [1.54, 1.807) is 6.33 Å². The van der Waals surface area contributed by atoms with E-state index < -0.39 is 0 Å². The van der Waals surface area contributed by atoms with Gasteiger partial charge in [0.25, 0.3) is 0 Å². The van der Waals surface area contributed by atoms with Crippen LogP contribution in [0.1, 0.15) is 30.0 Å². The Kier molecular flexibility index (Phi) is 5.23. The van der Waals surface area contributed by atoms with E-state index in [1.807, 2.05) is 0 Å². The van der Waals surface area contributed by atoms with Crippen LogP contribution in [0.2, 0.25) is 0 Å². The van der Waals surface area contributed by atoms with Crippen molar-refractivity contribution >= 4 is 5.82 Å². The second-order valence-electron chi connectivity index (χ2n) is 7.13. The molecule has 5 nitrogen and oxygen atoms in total. The average molecular weight is 337 g/mol. The highest BCUT2D eigenvalue weighted by Gasteiger charge is 2.25. The average Bonchev–Trinajstić information content (AvgIpc) is 3.50. The third kappa shape index (κ3) is 4.77. The Balaban J connectivity index is 1.17. The van der Waals surface area contributed by atoms with E-state index in [-0.39, 0.29) is 0 Å². The minimum Gasteiger partial charge on any atom is -0.369 e. The molecule has 2 heterocycles. The Hall–Kier alpha value is -1.98. The summed E-state index contributed by atoms with van der Waals surface area (Å²) in [5.74, 6) is 1.65. The van der Waals surface area contributed by atoms with Crippen LogP contribution < -0.4 is 5.32 Å². The first-order valence-corrected chi connectivity index (χ1v) is 9.41. The van der Waals surface area contributed by atoms with Crippen LogP contribution in [0.3, 0.4) is 0 Å². The molecule has 1 aromatic carbocycles. The van der Waals surface area contributed by atoms with Gasteiger partial charge in [-0.25, -0.2) is 9.97 Å². The summed E-state index contributed by atoms with van der Waals surface area (Å²) < 4.78 is 0. The molecule has 132 valence electrons. The highest BCUT2D eigenvalue weighted by Crippen LogP contribution is 2.39. The predicted octanol–water partition coefficient (Wildman–Crippen LogP) is 2.58. The number of hydrogen-bond acceptors (Lipinski definition) is 5. The van der Waals surface area contributed by atoms with Gasteiger partial charge in [0.1, 0.15) is 12.1 Å². The second-order valence-corrected chi connectivity index (χ2v) is 7.13. The van der Waals surface area contributed by atoms with E-state index in [0.717, 1.165) is 51.6 Å². The lowest BCUT2D eigenvalue weighted by Crippen LogP contribution is -2.47. The Morgan fingerprint density at radius 3 is 2.48 bits per heavy atom. The van der Waals surface area contributed by atoms with Crippen molar-refractivity contribution in [2.45, 2.75) is 25.3 Å². The third-order valence-electron chi connectivity index (χ3n) is 5.13. The van der Waals surface area contributed by atoms with Gasteiger partial charge < -0.3 is 5.32 Å². The molecule has 4 rings (SSSR count). The Labute approximate surface area is 150 Å². The Morgan fingerprint density at radius 2 is 1.72 bits per heavy atom. The van der Waals surface area contributed by atoms with Crippen molar-refractivity contribution < 1.29 is 0 Å². The van der Waals surface area contributed by atoms with Gasteiger partial charge >= 0.3 is 0 Å². The van der Waals surface area contributed by atoms with Crippen LogP contribution >= 0.6 is 0 Å². The number of anilines is 1. The van der Waals surface area contributed by atoms with Crippen molar-refractivity contribution in [3.8, 4) is 0 Å². The first kappa shape index (κ1) is 16.5. The lowest BCUT2D eigenvalue weighted by Gasteiger charge is -2.34. The van der Waals surface area contributed by atoms with Gasteiger partial charge in [-0.3, -0.25) is 9.80 Å². The number of nitrogens with one attached hydrogen (secondary N) is 1. The van der Waals surface area contributed by atoms with Gasteiger partial charge in [0.2, 0.25) is 0 Å². The van der Waals surface area contributed by atoms with Gasteiger partial charge in [-0.1, -0.05) is 30.3 Å². The molecule has 0 amide bonds. The van der Waals surface area contributed by atoms with Crippen LogP contribution in [0.5, 0.6) is 0 Å². The molecular formula is C20H27N5. The summed E-state index contributed by atoms with van der Waals surface area (Å²) in [6, 6.07) is 12.9. The zero-order valence-corrected chi connectivity index (χ0v) is 14.8. The van der Waals surface area contributed by atoms with Crippen molar-refractivity contribution in [2.24, 2.45) is 0 Å². The van der Waals surface area contributed by atoms with Crippen LogP contribution in [0, 0.1) is 0 Å². The predicted molar refractivity (Wildman–Crippen MR) is 101 cm³/mol. The van der Waals surface area contributed by atoms with E-state index in [4.69, 9.17) is 0 Å². The zero-order valence-electron chi connectivity index (χ0n) is 14.8. The molecule has 25 heavy (non-hydrogen) atoms. The maximum Gasteiger partial charge on any atom is 0.129 e. The molecule has 0 spiro atoms. The number of nitrogens with zero attached hydrogens (tertiary/aromatic N) is 4. The molecule has 0 radical (unpaired) electrons. The summed E-state index contributed by atoms with van der Waals surface area (Å²) in [5, 5.41) is 3.46. The van der Waals surface area contributed by atoms with Crippen molar-refractivity contribution in [2.75, 3.05) is 44.6 Å². The molecule has 1 aromatic heterocycles. The van der Waals surface area contributed by atoms with Crippen LogP contribution in [0.4, 0.5) is 5.82 Å². The lowest BCUT2D eigenvalue weighted by molar-refractivity contribution is 0.130. The van der Waals surface area contributed by atoms with Gasteiger partial charge in [0.15, 0.2) is 0 Å². The van der Waals surface area contributed by atoms with Crippen molar-refractivity contribution in [3.05, 3.63) is 54.0 Å². The monoisotopic (exact) mass is 337 g/mol. The number of aromatic nitrogens is 2. The van der Waals surface area contributed by atoms with Gasteiger partial charge in [-0.2, -0.15) is 0 Å². The number of piperazine rings is 1. The highest BCUT2D eigenvalue weighted by atomic mass is 15.3. The first-order valence-electron chi connectivity index (χ1n) is 9.41. The molecule has 2 aromatic rings. The van der Waals surface area contributed by atoms with Gasteiger partial charge in [0.05, 0.1) is 0 Å². The molecule has 0 atom stereocenters. The van der Waals surface area contributed by atoms with Gasteiger partial charge in [-0.15, -0.1) is 0 Å². The van der Waals surface area contributed by atoms with E-state index >= 15 is 0 Å². The van der Waals surface area contributed by atoms with Crippen molar-refractivity contribution in [1.82, 2.24) is 19.8 Å². The summed E-state index contributed by atoms with van der Waals surface area (Å²) in [6.45, 7) is 7.67. The fraction of sp³-hybridized carbons (Fsp3) is 0.500. The van der Waals surface area contributed by atoms with Crippen molar-refractivity contribution in [3.63, 3.8) is 0 Å². The fourth-order valence-electron chi connectivity index (χ4n) is 3.43. The van der Waals surface area contributed by atoms with Crippen LogP contribution in [0.25, 0.3) is 0 Å². The van der Waals surface area contributed by atoms with Gasteiger partial charge in [-0.05, 0) is 18.4 Å². The summed E-state index contributed by atoms with van der Waals surface area (Å²) in [4.78, 5) is 13.8. The molecule has 1 saturated heterocycles. The maximum absolute atomic E-state index is 4.37. The van der Waals surface area contributed by atoms with Crippen LogP contribution in [-0.2, 0) is 6.54 Å². The summed E-state index contributed by atoms with van der Waals surface area (Å²) in [5.41, 5.74) is 2.61. The summed E-state index contributed by atoms with van der Waals surface area (Å²) in [7, 11) is 0. The molecule has 2 aliphatic rings. The lowest BCUT2D eigenvalue weighted by atomic mass is 10.2. The van der Waals surface area contributed by atoms with E-state index in [9.17, 15) is 0 Å². The van der Waals surface area contributed by atoms with Crippen LogP contribution in [0.15, 0.2) is 42.7 Å². The molecular weight excluding hydrogens is 310 g/mol. The number of hydrogen-bond donors (Lipinski definition) is 1. The minimum atomic E-state index is 0.682. The zero-order chi connectivity index (χ0) is 16.9. The van der Waals surface area contributed by atoms with Crippen molar-refractivity contribution in [1.29, 1.82) is 0 Å². The van der Waals surface area contributed by atoms with Gasteiger partial charge in [0, 0.05) is 63.5 Å². The van der Waals surface area contributed by atoms with Crippen LogP contribution in [-0.4, -0.2) is 59.0 Å². The molecule has 0 unspecified atom stereocenters. The Bertz CT molecular complexity index is 663. The smallest absolute Gasteiger partial charge is 0.129 e. The SMILES string of the molecule is c1ccc(CN2CCN(CCNc3cc(C4CC4)ncn3)CC2)cc1. The normalized spacial score (nSPS) is 19.0. The third-order valence-corrected chi connectivity index (χ3v) is 5.13.